The number of ether oxygens (including phenoxy) is 1. The summed E-state index contributed by atoms with van der Waals surface area (Å²) in [7, 11) is 0. The molecule has 3 rings (SSSR count). The highest BCUT2D eigenvalue weighted by Crippen LogP contribution is 2.25. The number of aromatic nitrogens is 1. The van der Waals surface area contributed by atoms with E-state index >= 15 is 0 Å². The first-order chi connectivity index (χ1) is 12.5. The van der Waals surface area contributed by atoms with Crippen LogP contribution in [0.1, 0.15) is 5.56 Å². The molecule has 0 saturated heterocycles. The van der Waals surface area contributed by atoms with Crippen LogP contribution >= 0.6 is 11.3 Å². The lowest BCUT2D eigenvalue weighted by molar-refractivity contribution is -0.384. The van der Waals surface area contributed by atoms with Gasteiger partial charge in [0.2, 0.25) is 0 Å². The number of carbonyl (C=O) groups is 1. The maximum absolute atomic E-state index is 12.0. The Kier molecular flexibility index (Phi) is 5.23. The third kappa shape index (κ3) is 4.22. The molecule has 0 spiro atoms. The predicted octanol–water partition coefficient (Wildman–Crippen LogP) is 4.04. The molecule has 1 heterocycles. The highest BCUT2D eigenvalue weighted by atomic mass is 32.1. The number of nitrogens with one attached hydrogen (secondary N) is 1. The molecule has 7 nitrogen and oxygen atoms in total. The number of aryl methyl sites for hydroxylation is 1. The Labute approximate surface area is 153 Å². The minimum Gasteiger partial charge on any atom is -0.483 e. The number of amides is 1. The molecule has 0 unspecified atom stereocenters. The van der Waals surface area contributed by atoms with Gasteiger partial charge in [-0.1, -0.05) is 30.3 Å². The number of thiazole rings is 1. The summed E-state index contributed by atoms with van der Waals surface area (Å²) in [5, 5.41) is 15.8. The minimum absolute atomic E-state index is 0.0180. The zero-order valence-corrected chi connectivity index (χ0v) is 14.7. The summed E-state index contributed by atoms with van der Waals surface area (Å²) in [5.41, 5.74) is 2.34. The number of anilines is 1. The standard InChI is InChI=1S/C18H15N3O4S/c1-12-9-14(21(23)24)7-8-16(12)25-10-17(22)20-18-19-15(11-26-18)13-5-3-2-4-6-13/h2-9,11H,10H2,1H3,(H,19,20,22). The van der Waals surface area contributed by atoms with Crippen molar-refractivity contribution in [1.82, 2.24) is 4.98 Å². The van der Waals surface area contributed by atoms with Gasteiger partial charge in [0.05, 0.1) is 10.6 Å². The summed E-state index contributed by atoms with van der Waals surface area (Å²) < 4.78 is 5.44. The summed E-state index contributed by atoms with van der Waals surface area (Å²) in [6, 6.07) is 13.9. The van der Waals surface area contributed by atoms with Crippen LogP contribution in [0.3, 0.4) is 0 Å². The fraction of sp³-hybridized carbons (Fsp3) is 0.111. The van der Waals surface area contributed by atoms with E-state index in [1.807, 2.05) is 35.7 Å². The third-order valence-corrected chi connectivity index (χ3v) is 4.31. The van der Waals surface area contributed by atoms with Crippen molar-refractivity contribution in [2.24, 2.45) is 0 Å². The molecule has 0 radical (unpaired) electrons. The molecule has 132 valence electrons. The molecule has 0 saturated carbocycles. The second-order valence-electron chi connectivity index (χ2n) is 5.45. The molecule has 26 heavy (non-hydrogen) atoms. The van der Waals surface area contributed by atoms with Gasteiger partial charge in [0, 0.05) is 23.1 Å². The first kappa shape index (κ1) is 17.6. The molecule has 0 aliphatic carbocycles. The lowest BCUT2D eigenvalue weighted by Crippen LogP contribution is -2.20. The van der Waals surface area contributed by atoms with Crippen LogP contribution in [-0.2, 0) is 4.79 Å². The fourth-order valence-corrected chi connectivity index (χ4v) is 3.02. The Morgan fingerprint density at radius 2 is 2.04 bits per heavy atom. The van der Waals surface area contributed by atoms with Crippen LogP contribution in [0.2, 0.25) is 0 Å². The van der Waals surface area contributed by atoms with Gasteiger partial charge in [0.1, 0.15) is 5.75 Å². The van der Waals surface area contributed by atoms with Crippen LogP contribution in [0.4, 0.5) is 10.8 Å². The van der Waals surface area contributed by atoms with Gasteiger partial charge in [0.25, 0.3) is 11.6 Å². The number of hydrogen-bond acceptors (Lipinski definition) is 6. The molecule has 0 atom stereocenters. The summed E-state index contributed by atoms with van der Waals surface area (Å²) in [6.07, 6.45) is 0. The summed E-state index contributed by atoms with van der Waals surface area (Å²) in [6.45, 7) is 1.48. The first-order valence-electron chi connectivity index (χ1n) is 7.71. The van der Waals surface area contributed by atoms with Crippen LogP contribution in [-0.4, -0.2) is 22.4 Å². The van der Waals surface area contributed by atoms with Gasteiger partial charge in [-0.2, -0.15) is 0 Å². The SMILES string of the molecule is Cc1cc([N+](=O)[O-])ccc1OCC(=O)Nc1nc(-c2ccccc2)cs1. The molecule has 0 fully saturated rings. The molecular formula is C18H15N3O4S. The van der Waals surface area contributed by atoms with Crippen molar-refractivity contribution in [3.05, 3.63) is 69.6 Å². The van der Waals surface area contributed by atoms with Crippen molar-refractivity contribution in [3.63, 3.8) is 0 Å². The van der Waals surface area contributed by atoms with Gasteiger partial charge in [-0.05, 0) is 18.6 Å². The Morgan fingerprint density at radius 3 is 2.73 bits per heavy atom. The van der Waals surface area contributed by atoms with Crippen LogP contribution < -0.4 is 10.1 Å². The maximum Gasteiger partial charge on any atom is 0.269 e. The predicted molar refractivity (Wildman–Crippen MR) is 99.5 cm³/mol. The van der Waals surface area contributed by atoms with Crippen molar-refractivity contribution >= 4 is 28.1 Å². The number of hydrogen-bond donors (Lipinski definition) is 1. The van der Waals surface area contributed by atoms with Crippen molar-refractivity contribution < 1.29 is 14.5 Å². The molecule has 3 aromatic rings. The zero-order chi connectivity index (χ0) is 18.5. The number of nitro benzene ring substituents is 1. The highest BCUT2D eigenvalue weighted by Gasteiger charge is 2.12. The summed E-state index contributed by atoms with van der Waals surface area (Å²) in [5.74, 6) is 0.0755. The topological polar surface area (TPSA) is 94.4 Å². The highest BCUT2D eigenvalue weighted by molar-refractivity contribution is 7.14. The zero-order valence-electron chi connectivity index (χ0n) is 13.8. The second-order valence-corrected chi connectivity index (χ2v) is 6.31. The van der Waals surface area contributed by atoms with Crippen molar-refractivity contribution in [2.75, 3.05) is 11.9 Å². The number of benzene rings is 2. The van der Waals surface area contributed by atoms with Crippen LogP contribution in [0.15, 0.2) is 53.9 Å². The largest absolute Gasteiger partial charge is 0.483 e. The van der Waals surface area contributed by atoms with Gasteiger partial charge in [-0.3, -0.25) is 20.2 Å². The number of non-ortho nitro benzene ring substituents is 1. The average molecular weight is 369 g/mol. The van der Waals surface area contributed by atoms with Crippen molar-refractivity contribution in [3.8, 4) is 17.0 Å². The average Bonchev–Trinajstić information content (AvgIpc) is 3.09. The fourth-order valence-electron chi connectivity index (χ4n) is 2.28. The molecule has 1 aromatic heterocycles. The maximum atomic E-state index is 12.0. The molecule has 2 aromatic carbocycles. The Balaban J connectivity index is 1.58. The molecule has 8 heteroatoms. The van der Waals surface area contributed by atoms with Gasteiger partial charge < -0.3 is 4.74 Å². The van der Waals surface area contributed by atoms with Crippen LogP contribution in [0, 0.1) is 17.0 Å². The van der Waals surface area contributed by atoms with Gasteiger partial charge in [-0.25, -0.2) is 4.98 Å². The lowest BCUT2D eigenvalue weighted by atomic mass is 10.2. The van der Waals surface area contributed by atoms with E-state index in [9.17, 15) is 14.9 Å². The van der Waals surface area contributed by atoms with E-state index in [1.54, 1.807) is 6.92 Å². The molecular weight excluding hydrogens is 354 g/mol. The Hall–Kier alpha value is -3.26. The van der Waals surface area contributed by atoms with Crippen LogP contribution in [0.5, 0.6) is 5.75 Å². The van der Waals surface area contributed by atoms with E-state index in [-0.39, 0.29) is 18.2 Å². The van der Waals surface area contributed by atoms with E-state index in [0.717, 1.165) is 11.3 Å². The normalized spacial score (nSPS) is 10.3. The first-order valence-corrected chi connectivity index (χ1v) is 8.59. The number of nitro groups is 1. The van der Waals surface area contributed by atoms with Crippen molar-refractivity contribution in [2.45, 2.75) is 6.92 Å². The minimum atomic E-state index is -0.476. The van der Waals surface area contributed by atoms with E-state index < -0.39 is 4.92 Å². The lowest BCUT2D eigenvalue weighted by Gasteiger charge is -2.08. The summed E-state index contributed by atoms with van der Waals surface area (Å²) >= 11 is 1.33. The van der Waals surface area contributed by atoms with E-state index in [0.29, 0.717) is 16.4 Å². The quantitative estimate of drug-likeness (QED) is 0.523. The summed E-state index contributed by atoms with van der Waals surface area (Å²) in [4.78, 5) is 26.7. The molecule has 0 bridgehead atoms. The number of carbonyl (C=O) groups excluding carboxylic acids is 1. The van der Waals surface area contributed by atoms with Crippen LogP contribution in [0.25, 0.3) is 11.3 Å². The monoisotopic (exact) mass is 369 g/mol. The molecule has 0 aliphatic rings. The van der Waals surface area contributed by atoms with Gasteiger partial charge in [-0.15, -0.1) is 11.3 Å². The van der Waals surface area contributed by atoms with Crippen molar-refractivity contribution in [1.29, 1.82) is 0 Å². The third-order valence-electron chi connectivity index (χ3n) is 3.55. The smallest absolute Gasteiger partial charge is 0.269 e. The number of nitrogens with zero attached hydrogens (tertiary/aromatic N) is 2. The molecule has 1 N–H and O–H groups in total. The Bertz CT molecular complexity index is 941. The Morgan fingerprint density at radius 1 is 1.27 bits per heavy atom. The van der Waals surface area contributed by atoms with E-state index in [4.69, 9.17) is 4.74 Å². The molecule has 1 amide bonds. The van der Waals surface area contributed by atoms with Gasteiger partial charge in [0.15, 0.2) is 11.7 Å². The van der Waals surface area contributed by atoms with E-state index in [2.05, 4.69) is 10.3 Å². The second kappa shape index (κ2) is 7.75. The molecule has 0 aliphatic heterocycles. The van der Waals surface area contributed by atoms with Gasteiger partial charge >= 0.3 is 0 Å². The number of rotatable bonds is 6. The van der Waals surface area contributed by atoms with E-state index in [1.165, 1.54) is 29.5 Å².